The second kappa shape index (κ2) is 4.26. The first kappa shape index (κ1) is 11.2. The van der Waals surface area contributed by atoms with Crippen molar-refractivity contribution in [3.05, 3.63) is 19.6 Å². The zero-order chi connectivity index (χ0) is 9.78. The molecule has 0 saturated carbocycles. The highest BCUT2D eigenvalue weighted by Gasteiger charge is 2.24. The maximum Gasteiger partial charge on any atom is 0.334 e. The fourth-order valence-corrected chi connectivity index (χ4v) is 0.787. The quantitative estimate of drug-likeness (QED) is 0.273. The van der Waals surface area contributed by atoms with Crippen LogP contribution in [0.25, 0.3) is 0 Å². The third-order valence-electron chi connectivity index (χ3n) is 1.53. The summed E-state index contributed by atoms with van der Waals surface area (Å²) in [5, 5.41) is 0. The Labute approximate surface area is 74.2 Å². The second-order valence-electron chi connectivity index (χ2n) is 3.50. The molecule has 0 aliphatic rings. The molecule has 69 valence electrons. The van der Waals surface area contributed by atoms with Gasteiger partial charge in [-0.1, -0.05) is 6.58 Å². The molecule has 0 saturated heterocycles. The number of quaternary nitrogens is 1. The fraction of sp³-hybridized carbons (Fsp3) is 0.556. The molecule has 1 radical (unpaired) electrons. The van der Waals surface area contributed by atoms with Gasteiger partial charge in [-0.2, -0.15) is 0 Å². The van der Waals surface area contributed by atoms with Gasteiger partial charge in [-0.3, -0.25) is 4.48 Å². The highest BCUT2D eigenvalue weighted by Crippen LogP contribution is 2.08. The summed E-state index contributed by atoms with van der Waals surface area (Å²) < 4.78 is 5.62. The Balaban J connectivity index is 4.18. The molecule has 12 heavy (non-hydrogen) atoms. The maximum atomic E-state index is 10.8. The van der Waals surface area contributed by atoms with Crippen molar-refractivity contribution in [1.29, 1.82) is 0 Å². The minimum absolute atomic E-state index is 0.199. The molecule has 0 amide bonds. The zero-order valence-electron chi connectivity index (χ0n) is 8.04. The van der Waals surface area contributed by atoms with E-state index in [1.54, 1.807) is 0 Å². The van der Waals surface area contributed by atoms with E-state index in [0.29, 0.717) is 10.9 Å². The molecule has 0 aliphatic carbocycles. The maximum absolute atomic E-state index is 10.8. The topological polar surface area (TPSA) is 26.3 Å². The lowest BCUT2D eigenvalue weighted by Crippen LogP contribution is -2.47. The molecule has 0 fully saturated rings. The minimum atomic E-state index is -0.392. The summed E-state index contributed by atoms with van der Waals surface area (Å²) in [5.41, 5.74) is 0. The van der Waals surface area contributed by atoms with Gasteiger partial charge in [-0.05, 0) is 6.92 Å². The molecule has 0 aromatic rings. The molecule has 0 aromatic carbocycles. The highest BCUT2D eigenvalue weighted by molar-refractivity contribution is 5.81. The first-order valence-corrected chi connectivity index (χ1v) is 3.85. The van der Waals surface area contributed by atoms with Gasteiger partial charge in [0.05, 0.1) is 21.1 Å². The predicted molar refractivity (Wildman–Crippen MR) is 48.1 cm³/mol. The fourth-order valence-electron chi connectivity index (χ4n) is 0.787. The van der Waals surface area contributed by atoms with Crippen LogP contribution in [0.3, 0.4) is 0 Å². The number of carbonyl (C=O) groups excluding carboxylic acids is 1. The van der Waals surface area contributed by atoms with Crippen molar-refractivity contribution in [2.24, 2.45) is 0 Å². The Morgan fingerprint density at radius 3 is 2.33 bits per heavy atom. The van der Waals surface area contributed by atoms with Gasteiger partial charge in [0.1, 0.15) is 0 Å². The molecule has 1 atom stereocenters. The third kappa shape index (κ3) is 3.53. The van der Waals surface area contributed by atoms with Crippen molar-refractivity contribution < 1.29 is 14.0 Å². The van der Waals surface area contributed by atoms with Crippen LogP contribution < -0.4 is 0 Å². The second-order valence-corrected chi connectivity index (χ2v) is 3.50. The molecular weight excluding hydrogens is 154 g/mol. The lowest BCUT2D eigenvalue weighted by atomic mass is 10.3. The van der Waals surface area contributed by atoms with Crippen LogP contribution in [0.15, 0.2) is 12.7 Å². The van der Waals surface area contributed by atoms with E-state index in [0.717, 1.165) is 0 Å². The van der Waals surface area contributed by atoms with Gasteiger partial charge in [0.25, 0.3) is 0 Å². The van der Waals surface area contributed by atoms with E-state index in [2.05, 4.69) is 13.5 Å². The average molecular weight is 171 g/mol. The summed E-state index contributed by atoms with van der Waals surface area (Å²) in [6, 6.07) is 0. The van der Waals surface area contributed by atoms with Crippen LogP contribution in [0.4, 0.5) is 0 Å². The monoisotopic (exact) mass is 171 g/mol. The van der Waals surface area contributed by atoms with Gasteiger partial charge in [0, 0.05) is 12.5 Å². The summed E-state index contributed by atoms with van der Waals surface area (Å²) in [5.74, 6) is -0.392. The normalized spacial score (nSPS) is 13.7. The van der Waals surface area contributed by atoms with E-state index in [-0.39, 0.29) is 6.23 Å². The van der Waals surface area contributed by atoms with Crippen molar-refractivity contribution in [2.45, 2.75) is 12.6 Å². The highest BCUT2D eigenvalue weighted by atomic mass is 16.6. The molecular formula is C9H17NO2+. The first-order chi connectivity index (χ1) is 5.41. The van der Waals surface area contributed by atoms with Crippen LogP contribution in [-0.2, 0) is 9.53 Å². The van der Waals surface area contributed by atoms with Gasteiger partial charge in [-0.25, -0.2) is 4.79 Å². The Hall–Kier alpha value is -0.830. The van der Waals surface area contributed by atoms with E-state index in [1.165, 1.54) is 6.08 Å². The number of hydrogen-bond acceptors (Lipinski definition) is 2. The lowest BCUT2D eigenvalue weighted by molar-refractivity contribution is -0.916. The SMILES string of the molecule is [CH2]CC(OC(=O)C=C)[N+](C)(C)C. The summed E-state index contributed by atoms with van der Waals surface area (Å²) in [6.45, 7) is 7.04. The van der Waals surface area contributed by atoms with Crippen LogP contribution in [0.1, 0.15) is 6.42 Å². The van der Waals surface area contributed by atoms with Crippen molar-refractivity contribution in [1.82, 2.24) is 0 Å². The van der Waals surface area contributed by atoms with E-state index in [9.17, 15) is 4.79 Å². The Kier molecular flexibility index (Phi) is 3.96. The first-order valence-electron chi connectivity index (χ1n) is 3.85. The van der Waals surface area contributed by atoms with Gasteiger partial charge >= 0.3 is 5.97 Å². The molecule has 0 rings (SSSR count). The molecule has 1 unspecified atom stereocenters. The molecule has 3 nitrogen and oxygen atoms in total. The summed E-state index contributed by atoms with van der Waals surface area (Å²) in [6.07, 6.45) is 1.52. The van der Waals surface area contributed by atoms with Crippen LogP contribution in [-0.4, -0.2) is 37.8 Å². The van der Waals surface area contributed by atoms with Gasteiger partial charge < -0.3 is 4.74 Å². The number of rotatable bonds is 4. The van der Waals surface area contributed by atoms with E-state index in [1.807, 2.05) is 21.1 Å². The Morgan fingerprint density at radius 1 is 1.58 bits per heavy atom. The third-order valence-corrected chi connectivity index (χ3v) is 1.53. The molecule has 0 heterocycles. The van der Waals surface area contributed by atoms with Crippen LogP contribution in [0, 0.1) is 6.92 Å². The van der Waals surface area contributed by atoms with Crippen molar-refractivity contribution in [2.75, 3.05) is 21.1 Å². The predicted octanol–water partition coefficient (Wildman–Crippen LogP) is 0.972. The molecule has 0 aromatic heterocycles. The summed E-state index contributed by atoms with van der Waals surface area (Å²) in [7, 11) is 5.85. The van der Waals surface area contributed by atoms with Crippen molar-refractivity contribution >= 4 is 5.97 Å². The molecule has 0 N–H and O–H groups in total. The van der Waals surface area contributed by atoms with E-state index < -0.39 is 5.97 Å². The number of carbonyl (C=O) groups is 1. The van der Waals surface area contributed by atoms with Gasteiger partial charge in [0.2, 0.25) is 6.23 Å². The molecule has 3 heteroatoms. The lowest BCUT2D eigenvalue weighted by Gasteiger charge is -2.31. The van der Waals surface area contributed by atoms with Crippen LogP contribution >= 0.6 is 0 Å². The molecule has 0 bridgehead atoms. The number of ether oxygens (including phenoxy) is 1. The van der Waals surface area contributed by atoms with E-state index in [4.69, 9.17) is 4.74 Å². The van der Waals surface area contributed by atoms with Crippen molar-refractivity contribution in [3.8, 4) is 0 Å². The number of esters is 1. The number of hydrogen-bond donors (Lipinski definition) is 0. The van der Waals surface area contributed by atoms with Crippen LogP contribution in [0.5, 0.6) is 0 Å². The summed E-state index contributed by atoms with van der Waals surface area (Å²) in [4.78, 5) is 10.8. The standard InChI is InChI=1S/C9H17NO2/c1-6-8(10(3,4)5)12-9(11)7-2/h7-8H,1-2,6H2,3-5H3/q+1. The Morgan fingerprint density at radius 2 is 2.08 bits per heavy atom. The smallest absolute Gasteiger partial charge is 0.334 e. The van der Waals surface area contributed by atoms with E-state index >= 15 is 0 Å². The summed E-state index contributed by atoms with van der Waals surface area (Å²) >= 11 is 0. The average Bonchev–Trinajstić information content (AvgIpc) is 1.97. The van der Waals surface area contributed by atoms with Gasteiger partial charge in [0.15, 0.2) is 0 Å². The minimum Gasteiger partial charge on any atom is -0.409 e. The largest absolute Gasteiger partial charge is 0.409 e. The van der Waals surface area contributed by atoms with Crippen LogP contribution in [0.2, 0.25) is 0 Å². The Bertz CT molecular complexity index is 170. The van der Waals surface area contributed by atoms with Crippen molar-refractivity contribution in [3.63, 3.8) is 0 Å². The number of nitrogens with zero attached hydrogens (tertiary/aromatic N) is 1. The molecule has 0 aliphatic heterocycles. The molecule has 0 spiro atoms. The van der Waals surface area contributed by atoms with Gasteiger partial charge in [-0.15, -0.1) is 0 Å². The zero-order valence-corrected chi connectivity index (χ0v) is 8.04.